The van der Waals surface area contributed by atoms with Crippen LogP contribution in [-0.2, 0) is 19.2 Å². The van der Waals surface area contributed by atoms with Crippen LogP contribution in [0.25, 0.3) is 0 Å². The maximum atomic E-state index is 12.0. The number of carbonyl (C=O) groups is 2. The molecule has 0 bridgehead atoms. The maximum Gasteiger partial charge on any atom is 0.440 e. The zero-order chi connectivity index (χ0) is 17.1. The van der Waals surface area contributed by atoms with Crippen molar-refractivity contribution in [2.45, 2.75) is 33.1 Å². The molecule has 1 aromatic rings. The van der Waals surface area contributed by atoms with Gasteiger partial charge in [-0.1, -0.05) is 25.4 Å². The van der Waals surface area contributed by atoms with E-state index in [2.05, 4.69) is 19.4 Å². The molecule has 23 heavy (non-hydrogen) atoms. The molecule has 0 radical (unpaired) electrons. The molecule has 3 N–H and O–H groups in total. The molecular formula is C12H19N5O5S. The van der Waals surface area contributed by atoms with Crippen molar-refractivity contribution in [3.05, 3.63) is 5.82 Å². The first-order chi connectivity index (χ1) is 11.1. The molecule has 0 aliphatic rings. The van der Waals surface area contributed by atoms with E-state index in [4.69, 9.17) is 15.3 Å². The van der Waals surface area contributed by atoms with Crippen molar-refractivity contribution in [1.29, 1.82) is 0 Å². The Bertz CT molecular complexity index is 548. The van der Waals surface area contributed by atoms with Crippen molar-refractivity contribution in [3.8, 4) is 0 Å². The summed E-state index contributed by atoms with van der Waals surface area (Å²) in [7, 11) is 0. The average Bonchev–Trinajstić information content (AvgIpc) is 2.95. The Balaban J connectivity index is 2.62. The second-order valence-corrected chi connectivity index (χ2v) is 4.99. The van der Waals surface area contributed by atoms with Crippen LogP contribution in [0, 0.1) is 0 Å². The highest BCUT2D eigenvalue weighted by molar-refractivity contribution is 7.09. The van der Waals surface area contributed by atoms with E-state index >= 15 is 0 Å². The van der Waals surface area contributed by atoms with Crippen LogP contribution < -0.4 is 11.2 Å². The van der Waals surface area contributed by atoms with E-state index in [-0.39, 0.29) is 23.3 Å². The number of aromatic nitrogens is 2. The SMILES string of the molecule is CCCCOC(=O)NOC(=O)C(=NOCCC)c1nsc(N)n1. The van der Waals surface area contributed by atoms with Crippen LogP contribution in [0.15, 0.2) is 5.16 Å². The van der Waals surface area contributed by atoms with Gasteiger partial charge in [-0.25, -0.2) is 9.59 Å². The molecule has 0 fully saturated rings. The Morgan fingerprint density at radius 2 is 2.09 bits per heavy atom. The van der Waals surface area contributed by atoms with Gasteiger partial charge in [0.05, 0.1) is 6.61 Å². The first kappa shape index (κ1) is 18.6. The molecule has 0 aliphatic heterocycles. The van der Waals surface area contributed by atoms with Gasteiger partial charge >= 0.3 is 12.1 Å². The van der Waals surface area contributed by atoms with Crippen molar-refractivity contribution in [3.63, 3.8) is 0 Å². The van der Waals surface area contributed by atoms with Crippen LogP contribution in [0.3, 0.4) is 0 Å². The second-order valence-electron chi connectivity index (χ2n) is 4.21. The van der Waals surface area contributed by atoms with Crippen molar-refractivity contribution in [2.24, 2.45) is 5.16 Å². The molecule has 11 heteroatoms. The minimum absolute atomic E-state index is 0.0465. The number of nitrogens with two attached hydrogens (primary N) is 1. The summed E-state index contributed by atoms with van der Waals surface area (Å²) in [5.74, 6) is -1.04. The molecule has 0 unspecified atom stereocenters. The summed E-state index contributed by atoms with van der Waals surface area (Å²) in [5.41, 5.74) is 7.02. The number of unbranched alkanes of at least 4 members (excludes halogenated alkanes) is 1. The van der Waals surface area contributed by atoms with Gasteiger partial charge in [0.1, 0.15) is 6.61 Å². The molecule has 0 saturated carbocycles. The van der Waals surface area contributed by atoms with E-state index in [1.807, 2.05) is 19.3 Å². The summed E-state index contributed by atoms with van der Waals surface area (Å²) < 4.78 is 8.63. The Kier molecular flexibility index (Phi) is 8.36. The molecule has 128 valence electrons. The molecule has 1 heterocycles. The maximum absolute atomic E-state index is 12.0. The number of nitrogen functional groups attached to an aromatic ring is 1. The number of amides is 1. The summed E-state index contributed by atoms with van der Waals surface area (Å²) >= 11 is 0.888. The van der Waals surface area contributed by atoms with Crippen molar-refractivity contribution in [2.75, 3.05) is 18.9 Å². The van der Waals surface area contributed by atoms with Gasteiger partial charge in [0.15, 0.2) is 5.13 Å². The molecule has 1 rings (SSSR count). The van der Waals surface area contributed by atoms with Crippen molar-refractivity contribution in [1.82, 2.24) is 14.8 Å². The molecule has 0 saturated heterocycles. The molecule has 0 aromatic carbocycles. The number of hydroxylamine groups is 1. The molecule has 0 atom stereocenters. The van der Waals surface area contributed by atoms with Crippen LogP contribution in [0.5, 0.6) is 0 Å². The Morgan fingerprint density at radius 3 is 2.70 bits per heavy atom. The first-order valence-corrected chi connectivity index (χ1v) is 7.79. The highest BCUT2D eigenvalue weighted by Crippen LogP contribution is 2.08. The summed E-state index contributed by atoms with van der Waals surface area (Å²) in [6.45, 7) is 4.35. The number of ether oxygens (including phenoxy) is 1. The van der Waals surface area contributed by atoms with Gasteiger partial charge in [-0.3, -0.25) is 0 Å². The van der Waals surface area contributed by atoms with Gasteiger partial charge in [-0.15, -0.1) is 5.48 Å². The van der Waals surface area contributed by atoms with E-state index in [0.29, 0.717) is 19.4 Å². The number of hydrogen-bond acceptors (Lipinski definition) is 10. The van der Waals surface area contributed by atoms with Gasteiger partial charge in [0.25, 0.3) is 0 Å². The Morgan fingerprint density at radius 1 is 1.30 bits per heavy atom. The standard InChI is InChI=1S/C12H19N5O5S/c1-3-5-7-20-12(19)16-22-10(18)8(15-21-6-4-2)9-14-11(13)23-17-9/h3-7H2,1-2H3,(H,16,19)(H2,13,14,17). The van der Waals surface area contributed by atoms with E-state index in [1.54, 1.807) is 0 Å². The zero-order valence-corrected chi connectivity index (χ0v) is 13.7. The fourth-order valence-electron chi connectivity index (χ4n) is 1.18. The van der Waals surface area contributed by atoms with Crippen LogP contribution in [0.1, 0.15) is 38.9 Å². The lowest BCUT2D eigenvalue weighted by molar-refractivity contribution is -0.141. The van der Waals surface area contributed by atoms with E-state index in [9.17, 15) is 9.59 Å². The number of nitrogens with zero attached hydrogens (tertiary/aromatic N) is 3. The third kappa shape index (κ3) is 6.91. The smallest absolute Gasteiger partial charge is 0.440 e. The Labute approximate surface area is 137 Å². The summed E-state index contributed by atoms with van der Waals surface area (Å²) in [5, 5.41) is 3.78. The lowest BCUT2D eigenvalue weighted by Crippen LogP contribution is -2.32. The van der Waals surface area contributed by atoms with E-state index in [1.165, 1.54) is 0 Å². The molecule has 0 aliphatic carbocycles. The van der Waals surface area contributed by atoms with Crippen LogP contribution in [-0.4, -0.2) is 40.3 Å². The average molecular weight is 345 g/mol. The van der Waals surface area contributed by atoms with Gasteiger partial charge in [0.2, 0.25) is 11.5 Å². The fraction of sp³-hybridized carbons (Fsp3) is 0.583. The molecule has 0 spiro atoms. The number of carbonyl (C=O) groups excluding carboxylic acids is 2. The van der Waals surface area contributed by atoms with Crippen LogP contribution >= 0.6 is 11.5 Å². The highest BCUT2D eigenvalue weighted by atomic mass is 32.1. The summed E-state index contributed by atoms with van der Waals surface area (Å²) in [6.07, 6.45) is 1.39. The van der Waals surface area contributed by atoms with E-state index in [0.717, 1.165) is 18.0 Å². The van der Waals surface area contributed by atoms with E-state index < -0.39 is 12.1 Å². The Hall–Kier alpha value is -2.43. The normalized spacial score (nSPS) is 11.0. The minimum atomic E-state index is -0.994. The minimum Gasteiger partial charge on any atom is -0.447 e. The lowest BCUT2D eigenvalue weighted by Gasteiger charge is -2.06. The number of oxime groups is 1. The van der Waals surface area contributed by atoms with Crippen molar-refractivity contribution < 1.29 is 24.0 Å². The predicted molar refractivity (Wildman–Crippen MR) is 82.6 cm³/mol. The number of hydrogen-bond donors (Lipinski definition) is 2. The molecular weight excluding hydrogens is 326 g/mol. The van der Waals surface area contributed by atoms with Crippen molar-refractivity contribution >= 4 is 34.4 Å². The quantitative estimate of drug-likeness (QED) is 0.407. The van der Waals surface area contributed by atoms with Gasteiger partial charge in [-0.05, 0) is 12.8 Å². The predicted octanol–water partition coefficient (Wildman–Crippen LogP) is 1.24. The molecule has 1 aromatic heterocycles. The third-order valence-corrected chi connectivity index (χ3v) is 2.80. The van der Waals surface area contributed by atoms with Crippen LogP contribution in [0.4, 0.5) is 9.93 Å². The number of nitrogens with one attached hydrogen (secondary N) is 1. The molecule has 10 nitrogen and oxygen atoms in total. The largest absolute Gasteiger partial charge is 0.447 e. The number of anilines is 1. The molecule has 1 amide bonds. The monoisotopic (exact) mass is 345 g/mol. The van der Waals surface area contributed by atoms with Gasteiger partial charge < -0.3 is 20.1 Å². The van der Waals surface area contributed by atoms with Gasteiger partial charge in [-0.2, -0.15) is 9.36 Å². The topological polar surface area (TPSA) is 138 Å². The number of rotatable bonds is 8. The summed E-state index contributed by atoms with van der Waals surface area (Å²) in [4.78, 5) is 36.6. The van der Waals surface area contributed by atoms with Crippen LogP contribution in [0.2, 0.25) is 0 Å². The fourth-order valence-corrected chi connectivity index (χ4v) is 1.61. The highest BCUT2D eigenvalue weighted by Gasteiger charge is 2.23. The van der Waals surface area contributed by atoms with Gasteiger partial charge in [0, 0.05) is 11.5 Å². The zero-order valence-electron chi connectivity index (χ0n) is 12.9. The lowest BCUT2D eigenvalue weighted by atomic mass is 10.4. The third-order valence-electron chi connectivity index (χ3n) is 2.26. The summed E-state index contributed by atoms with van der Waals surface area (Å²) in [6, 6.07) is 0. The first-order valence-electron chi connectivity index (χ1n) is 7.01. The second kappa shape index (κ2) is 10.3.